The van der Waals surface area contributed by atoms with Crippen LogP contribution < -0.4 is 14.8 Å². The highest BCUT2D eigenvalue weighted by molar-refractivity contribution is 9.10. The SMILES string of the molecule is COCC(C)NCCOc1ccc(OC)cc1Br. The second kappa shape index (κ2) is 8.34. The van der Waals surface area contributed by atoms with E-state index in [2.05, 4.69) is 28.2 Å². The maximum absolute atomic E-state index is 5.66. The van der Waals surface area contributed by atoms with Crippen molar-refractivity contribution in [2.75, 3.05) is 34.0 Å². The molecule has 0 aliphatic heterocycles. The minimum atomic E-state index is 0.331. The molecule has 5 heteroatoms. The van der Waals surface area contributed by atoms with Gasteiger partial charge in [-0.1, -0.05) is 0 Å². The fourth-order valence-electron chi connectivity index (χ4n) is 1.50. The van der Waals surface area contributed by atoms with Crippen LogP contribution in [0.5, 0.6) is 11.5 Å². The van der Waals surface area contributed by atoms with E-state index >= 15 is 0 Å². The predicted molar refractivity (Wildman–Crippen MR) is 75.5 cm³/mol. The number of halogens is 1. The molecule has 0 aromatic heterocycles. The first-order valence-corrected chi connectivity index (χ1v) is 6.65. The van der Waals surface area contributed by atoms with Gasteiger partial charge in [0, 0.05) is 19.7 Å². The normalized spacial score (nSPS) is 12.2. The molecular weight excluding hydrogens is 298 g/mol. The number of methoxy groups -OCH3 is 2. The molecule has 0 heterocycles. The molecule has 18 heavy (non-hydrogen) atoms. The van der Waals surface area contributed by atoms with E-state index in [1.165, 1.54) is 0 Å². The molecule has 102 valence electrons. The van der Waals surface area contributed by atoms with Gasteiger partial charge in [-0.05, 0) is 41.1 Å². The lowest BCUT2D eigenvalue weighted by atomic mass is 10.3. The average Bonchev–Trinajstić information content (AvgIpc) is 2.36. The van der Waals surface area contributed by atoms with E-state index in [4.69, 9.17) is 14.2 Å². The van der Waals surface area contributed by atoms with Crippen LogP contribution in [0, 0.1) is 0 Å². The van der Waals surface area contributed by atoms with Gasteiger partial charge in [-0.2, -0.15) is 0 Å². The zero-order valence-corrected chi connectivity index (χ0v) is 12.6. The minimum Gasteiger partial charge on any atom is -0.497 e. The van der Waals surface area contributed by atoms with E-state index in [1.807, 2.05) is 18.2 Å². The Labute approximate surface area is 117 Å². The summed E-state index contributed by atoms with van der Waals surface area (Å²) in [6, 6.07) is 5.98. The van der Waals surface area contributed by atoms with Gasteiger partial charge >= 0.3 is 0 Å². The molecule has 1 N–H and O–H groups in total. The third kappa shape index (κ3) is 5.25. The van der Waals surface area contributed by atoms with Crippen LogP contribution in [0.25, 0.3) is 0 Å². The standard InChI is InChI=1S/C13H20BrNO3/c1-10(9-16-2)15-6-7-18-13-5-4-11(17-3)8-12(13)14/h4-5,8,10,15H,6-7,9H2,1-3H3. The molecule has 1 aromatic carbocycles. The van der Waals surface area contributed by atoms with E-state index in [0.29, 0.717) is 19.3 Å². The number of benzene rings is 1. The molecule has 1 atom stereocenters. The first-order chi connectivity index (χ1) is 8.67. The van der Waals surface area contributed by atoms with Gasteiger partial charge in [0.25, 0.3) is 0 Å². The molecule has 0 saturated carbocycles. The lowest BCUT2D eigenvalue weighted by Crippen LogP contribution is -2.33. The third-order valence-corrected chi connectivity index (χ3v) is 3.03. The van der Waals surface area contributed by atoms with Crippen molar-refractivity contribution in [2.45, 2.75) is 13.0 Å². The highest BCUT2D eigenvalue weighted by atomic mass is 79.9. The van der Waals surface area contributed by atoms with Crippen LogP contribution in [-0.4, -0.2) is 40.0 Å². The first kappa shape index (κ1) is 15.3. The number of ether oxygens (including phenoxy) is 3. The molecular formula is C13H20BrNO3. The Hall–Kier alpha value is -0.780. The maximum Gasteiger partial charge on any atom is 0.133 e. The van der Waals surface area contributed by atoms with Gasteiger partial charge in [-0.25, -0.2) is 0 Å². The molecule has 1 rings (SSSR count). The van der Waals surface area contributed by atoms with Crippen molar-refractivity contribution in [3.8, 4) is 11.5 Å². The van der Waals surface area contributed by atoms with Gasteiger partial charge in [-0.3, -0.25) is 0 Å². The summed E-state index contributed by atoms with van der Waals surface area (Å²) in [7, 11) is 3.34. The number of hydrogen-bond acceptors (Lipinski definition) is 4. The van der Waals surface area contributed by atoms with Crippen molar-refractivity contribution < 1.29 is 14.2 Å². The van der Waals surface area contributed by atoms with Crippen molar-refractivity contribution in [1.29, 1.82) is 0 Å². The summed E-state index contributed by atoms with van der Waals surface area (Å²) in [4.78, 5) is 0. The van der Waals surface area contributed by atoms with Gasteiger partial charge in [0.05, 0.1) is 18.2 Å². The van der Waals surface area contributed by atoms with Crippen molar-refractivity contribution in [1.82, 2.24) is 5.32 Å². The van der Waals surface area contributed by atoms with Gasteiger partial charge in [0.1, 0.15) is 18.1 Å². The van der Waals surface area contributed by atoms with Gasteiger partial charge < -0.3 is 19.5 Å². The van der Waals surface area contributed by atoms with Crippen molar-refractivity contribution >= 4 is 15.9 Å². The molecule has 0 radical (unpaired) electrons. The Morgan fingerprint density at radius 3 is 2.72 bits per heavy atom. The Bertz CT molecular complexity index is 360. The lowest BCUT2D eigenvalue weighted by Gasteiger charge is -2.14. The molecule has 4 nitrogen and oxygen atoms in total. The van der Waals surface area contributed by atoms with Crippen molar-refractivity contribution in [2.24, 2.45) is 0 Å². The van der Waals surface area contributed by atoms with Crippen LogP contribution in [-0.2, 0) is 4.74 Å². The summed E-state index contributed by atoms with van der Waals surface area (Å²) in [5, 5.41) is 3.31. The molecule has 0 aliphatic carbocycles. The molecule has 0 spiro atoms. The highest BCUT2D eigenvalue weighted by Crippen LogP contribution is 2.28. The molecule has 0 amide bonds. The monoisotopic (exact) mass is 317 g/mol. The van der Waals surface area contributed by atoms with Gasteiger partial charge in [0.15, 0.2) is 0 Å². The van der Waals surface area contributed by atoms with E-state index in [0.717, 1.165) is 22.5 Å². The Morgan fingerprint density at radius 1 is 1.33 bits per heavy atom. The summed E-state index contributed by atoms with van der Waals surface area (Å²) >= 11 is 3.45. The molecule has 1 unspecified atom stereocenters. The maximum atomic E-state index is 5.66. The van der Waals surface area contributed by atoms with Crippen molar-refractivity contribution in [3.05, 3.63) is 22.7 Å². The zero-order valence-electron chi connectivity index (χ0n) is 11.0. The average molecular weight is 318 g/mol. The largest absolute Gasteiger partial charge is 0.497 e. The highest BCUT2D eigenvalue weighted by Gasteiger charge is 2.03. The second-order valence-corrected chi connectivity index (χ2v) is 4.81. The third-order valence-electron chi connectivity index (χ3n) is 2.41. The lowest BCUT2D eigenvalue weighted by molar-refractivity contribution is 0.169. The Kier molecular flexibility index (Phi) is 7.08. The second-order valence-electron chi connectivity index (χ2n) is 3.96. The first-order valence-electron chi connectivity index (χ1n) is 5.86. The summed E-state index contributed by atoms with van der Waals surface area (Å²) in [6.45, 7) is 4.17. The Balaban J connectivity index is 2.31. The van der Waals surface area contributed by atoms with Crippen LogP contribution in [0.1, 0.15) is 6.92 Å². The topological polar surface area (TPSA) is 39.7 Å². The van der Waals surface area contributed by atoms with Gasteiger partial charge in [-0.15, -0.1) is 0 Å². The number of hydrogen-bond donors (Lipinski definition) is 1. The zero-order chi connectivity index (χ0) is 13.4. The smallest absolute Gasteiger partial charge is 0.133 e. The Morgan fingerprint density at radius 2 is 2.11 bits per heavy atom. The van der Waals surface area contributed by atoms with E-state index in [9.17, 15) is 0 Å². The van der Waals surface area contributed by atoms with Crippen LogP contribution in [0.4, 0.5) is 0 Å². The van der Waals surface area contributed by atoms with Crippen LogP contribution in [0.15, 0.2) is 22.7 Å². The van der Waals surface area contributed by atoms with E-state index in [1.54, 1.807) is 14.2 Å². The molecule has 0 saturated heterocycles. The number of nitrogens with one attached hydrogen (secondary N) is 1. The molecule has 0 fully saturated rings. The predicted octanol–water partition coefficient (Wildman–Crippen LogP) is 2.46. The number of rotatable bonds is 8. The van der Waals surface area contributed by atoms with Gasteiger partial charge in [0.2, 0.25) is 0 Å². The summed E-state index contributed by atoms with van der Waals surface area (Å²) in [5.74, 6) is 1.62. The fraction of sp³-hybridized carbons (Fsp3) is 0.538. The van der Waals surface area contributed by atoms with Crippen molar-refractivity contribution in [3.63, 3.8) is 0 Å². The van der Waals surface area contributed by atoms with Crippen LogP contribution in [0.3, 0.4) is 0 Å². The summed E-state index contributed by atoms with van der Waals surface area (Å²) in [5.41, 5.74) is 0. The summed E-state index contributed by atoms with van der Waals surface area (Å²) in [6.07, 6.45) is 0. The molecule has 1 aromatic rings. The van der Waals surface area contributed by atoms with Crippen LogP contribution in [0.2, 0.25) is 0 Å². The molecule has 0 aliphatic rings. The van der Waals surface area contributed by atoms with Crippen LogP contribution >= 0.6 is 15.9 Å². The fourth-order valence-corrected chi connectivity index (χ4v) is 1.97. The summed E-state index contributed by atoms with van der Waals surface area (Å²) < 4.78 is 16.7. The molecule has 0 bridgehead atoms. The van der Waals surface area contributed by atoms with E-state index < -0.39 is 0 Å². The quantitative estimate of drug-likeness (QED) is 0.748. The minimum absolute atomic E-state index is 0.331. The van der Waals surface area contributed by atoms with E-state index in [-0.39, 0.29) is 0 Å².